The second kappa shape index (κ2) is 4.72. The summed E-state index contributed by atoms with van der Waals surface area (Å²) < 4.78 is 9.94. The van der Waals surface area contributed by atoms with Crippen LogP contribution in [0.3, 0.4) is 0 Å². The maximum atomic E-state index is 10.3. The lowest BCUT2D eigenvalue weighted by Crippen LogP contribution is -2.20. The van der Waals surface area contributed by atoms with Crippen LogP contribution in [0.5, 0.6) is 0 Å². The second-order valence-electron chi connectivity index (χ2n) is 2.01. The smallest absolute Gasteiger partial charge is 0.369 e. The highest BCUT2D eigenvalue weighted by atomic mass is 31.2. The summed E-state index contributed by atoms with van der Waals surface area (Å²) in [7, 11) is -4.64. The van der Waals surface area contributed by atoms with Crippen molar-refractivity contribution in [3.63, 3.8) is 0 Å². The largest absolute Gasteiger partial charge is 0.466 e. The van der Waals surface area contributed by atoms with Crippen LogP contribution in [0.1, 0.15) is 0 Å². The number of primary amides is 1. The summed E-state index contributed by atoms with van der Waals surface area (Å²) in [4.78, 5) is 35.5. The minimum absolute atomic E-state index is 0.113. The van der Waals surface area contributed by atoms with Crippen molar-refractivity contribution in [2.75, 3.05) is 5.73 Å². The number of amides is 1. The number of imidazole rings is 1. The quantitative estimate of drug-likeness (QED) is 0.333. The average Bonchev–Trinajstić information content (AvgIpc) is 2.30. The number of phosphoric acid groups is 1. The number of nitrogens with zero attached hydrogens (tertiary/aromatic N) is 2. The Morgan fingerprint density at radius 1 is 1.50 bits per heavy atom. The molecule has 7 N–H and O–H groups in total. The zero-order chi connectivity index (χ0) is 11.4. The Labute approximate surface area is 78.2 Å². The van der Waals surface area contributed by atoms with Crippen molar-refractivity contribution in [2.45, 2.75) is 0 Å². The SMILES string of the molecule is NC(=O)n1ccnc1N.O=P(O)(O)O. The summed E-state index contributed by atoms with van der Waals surface area (Å²) in [6, 6.07) is -0.620. The topological polar surface area (TPSA) is 165 Å². The van der Waals surface area contributed by atoms with Gasteiger partial charge in [-0.25, -0.2) is 18.9 Å². The first-order valence-electron chi connectivity index (χ1n) is 3.08. The molecule has 0 atom stereocenters. The van der Waals surface area contributed by atoms with Gasteiger partial charge in [0.2, 0.25) is 5.95 Å². The standard InChI is InChI=1S/C4H6N4O.H3O4P/c5-3-7-1-2-8(3)4(6)9;1-5(2,3)4/h1-2H,(H2,5,7)(H2,6,9);(H3,1,2,3,4). The molecule has 10 heteroatoms. The first-order chi connectivity index (χ1) is 6.22. The van der Waals surface area contributed by atoms with Crippen molar-refractivity contribution in [1.29, 1.82) is 0 Å². The fourth-order valence-corrected chi connectivity index (χ4v) is 0.501. The molecule has 1 rings (SSSR count). The Kier molecular flexibility index (Phi) is 4.25. The molecular weight excluding hydrogens is 215 g/mol. The molecule has 1 aromatic rings. The zero-order valence-electron chi connectivity index (χ0n) is 6.81. The number of rotatable bonds is 0. The van der Waals surface area contributed by atoms with E-state index in [4.69, 9.17) is 30.7 Å². The van der Waals surface area contributed by atoms with Crippen molar-refractivity contribution in [3.05, 3.63) is 12.4 Å². The number of nitrogen functional groups attached to an aromatic ring is 1. The highest BCUT2D eigenvalue weighted by Gasteiger charge is 2.00. The lowest BCUT2D eigenvalue weighted by molar-refractivity contribution is 0.250. The first-order valence-corrected chi connectivity index (χ1v) is 4.65. The number of carbonyl (C=O) groups excluding carboxylic acids is 1. The van der Waals surface area contributed by atoms with Crippen LogP contribution in [0.25, 0.3) is 0 Å². The summed E-state index contributed by atoms with van der Waals surface area (Å²) >= 11 is 0. The van der Waals surface area contributed by atoms with Gasteiger partial charge in [0.25, 0.3) is 0 Å². The molecule has 0 saturated heterocycles. The lowest BCUT2D eigenvalue weighted by Gasteiger charge is -1.93. The van der Waals surface area contributed by atoms with Gasteiger partial charge in [0.05, 0.1) is 0 Å². The molecule has 0 radical (unpaired) electrons. The summed E-state index contributed by atoms with van der Waals surface area (Å²) in [5.41, 5.74) is 10.1. The number of hydrogen-bond donors (Lipinski definition) is 5. The number of hydrogen-bond acceptors (Lipinski definition) is 4. The maximum Gasteiger partial charge on any atom is 0.466 e. The number of nitrogens with two attached hydrogens (primary N) is 2. The van der Waals surface area contributed by atoms with Crippen molar-refractivity contribution < 1.29 is 24.0 Å². The van der Waals surface area contributed by atoms with Crippen LogP contribution < -0.4 is 11.5 Å². The monoisotopic (exact) mass is 224 g/mol. The maximum absolute atomic E-state index is 10.3. The van der Waals surface area contributed by atoms with E-state index in [2.05, 4.69) is 4.98 Å². The molecule has 0 unspecified atom stereocenters. The Bertz CT molecular complexity index is 348. The summed E-state index contributed by atoms with van der Waals surface area (Å²) in [5, 5.41) is 0. The van der Waals surface area contributed by atoms with Crippen LogP contribution in [-0.2, 0) is 4.57 Å². The van der Waals surface area contributed by atoms with E-state index in [0.29, 0.717) is 0 Å². The fourth-order valence-electron chi connectivity index (χ4n) is 0.501. The van der Waals surface area contributed by atoms with Gasteiger partial charge in [-0.2, -0.15) is 0 Å². The predicted molar refractivity (Wildman–Crippen MR) is 45.9 cm³/mol. The molecule has 0 fully saturated rings. The van der Waals surface area contributed by atoms with E-state index in [9.17, 15) is 4.79 Å². The van der Waals surface area contributed by atoms with E-state index < -0.39 is 13.9 Å². The molecule has 80 valence electrons. The van der Waals surface area contributed by atoms with Gasteiger partial charge in [-0.15, -0.1) is 0 Å². The normalized spacial score (nSPS) is 10.2. The van der Waals surface area contributed by atoms with Crippen molar-refractivity contribution in [3.8, 4) is 0 Å². The van der Waals surface area contributed by atoms with E-state index in [1.54, 1.807) is 0 Å². The highest BCUT2D eigenvalue weighted by Crippen LogP contribution is 2.25. The number of anilines is 1. The van der Waals surface area contributed by atoms with Gasteiger partial charge in [0.1, 0.15) is 0 Å². The summed E-state index contributed by atoms with van der Waals surface area (Å²) in [6.45, 7) is 0. The molecule has 0 saturated carbocycles. The van der Waals surface area contributed by atoms with Gasteiger partial charge >= 0.3 is 13.9 Å². The van der Waals surface area contributed by atoms with Crippen LogP contribution in [0.4, 0.5) is 10.7 Å². The average molecular weight is 224 g/mol. The van der Waals surface area contributed by atoms with Gasteiger partial charge in [-0.1, -0.05) is 0 Å². The molecule has 0 aliphatic rings. The van der Waals surface area contributed by atoms with Crippen LogP contribution in [0.2, 0.25) is 0 Å². The first kappa shape index (κ1) is 12.6. The second-order valence-corrected chi connectivity index (χ2v) is 3.03. The van der Waals surface area contributed by atoms with E-state index in [1.165, 1.54) is 12.4 Å². The summed E-state index contributed by atoms with van der Waals surface area (Å²) in [5.74, 6) is 0.113. The number of carbonyl (C=O) groups is 1. The predicted octanol–water partition coefficient (Wildman–Crippen LogP) is -1.54. The molecule has 14 heavy (non-hydrogen) atoms. The van der Waals surface area contributed by atoms with Crippen LogP contribution >= 0.6 is 7.82 Å². The molecule has 1 amide bonds. The summed E-state index contributed by atoms with van der Waals surface area (Å²) in [6.07, 6.45) is 2.80. The zero-order valence-corrected chi connectivity index (χ0v) is 7.70. The Hall–Kier alpha value is -1.41. The van der Waals surface area contributed by atoms with Crippen LogP contribution in [0.15, 0.2) is 12.4 Å². The molecule has 0 aliphatic carbocycles. The molecule has 0 aliphatic heterocycles. The minimum atomic E-state index is -4.64. The Balaban J connectivity index is 0.000000292. The number of aromatic nitrogens is 2. The molecule has 0 aromatic carbocycles. The molecule has 9 nitrogen and oxygen atoms in total. The Morgan fingerprint density at radius 3 is 2.07 bits per heavy atom. The molecule has 1 aromatic heterocycles. The van der Waals surface area contributed by atoms with E-state index >= 15 is 0 Å². The minimum Gasteiger partial charge on any atom is -0.369 e. The third kappa shape index (κ3) is 6.14. The van der Waals surface area contributed by atoms with Gasteiger partial charge in [-0.05, 0) is 0 Å². The molecule has 0 spiro atoms. The van der Waals surface area contributed by atoms with Crippen LogP contribution in [0, 0.1) is 0 Å². The highest BCUT2D eigenvalue weighted by molar-refractivity contribution is 7.45. The third-order valence-corrected chi connectivity index (χ3v) is 0.907. The van der Waals surface area contributed by atoms with Gasteiger partial charge in [-0.3, -0.25) is 0 Å². The van der Waals surface area contributed by atoms with Gasteiger partial charge in [0.15, 0.2) is 0 Å². The van der Waals surface area contributed by atoms with Crippen molar-refractivity contribution in [2.24, 2.45) is 5.73 Å². The Morgan fingerprint density at radius 2 is 1.93 bits per heavy atom. The van der Waals surface area contributed by atoms with Crippen molar-refractivity contribution in [1.82, 2.24) is 9.55 Å². The molecule has 1 heterocycles. The van der Waals surface area contributed by atoms with Crippen LogP contribution in [-0.4, -0.2) is 30.3 Å². The molecule has 0 bridgehead atoms. The lowest BCUT2D eigenvalue weighted by atomic mass is 10.8. The van der Waals surface area contributed by atoms with Gasteiger partial charge < -0.3 is 26.1 Å². The van der Waals surface area contributed by atoms with Gasteiger partial charge in [0, 0.05) is 12.4 Å². The third-order valence-electron chi connectivity index (χ3n) is 0.907. The van der Waals surface area contributed by atoms with Crippen molar-refractivity contribution >= 4 is 19.8 Å². The fraction of sp³-hybridized carbons (Fsp3) is 0. The van der Waals surface area contributed by atoms with E-state index in [1.807, 2.05) is 0 Å². The molecular formula is C4H9N4O5P. The van der Waals surface area contributed by atoms with E-state index in [-0.39, 0.29) is 5.95 Å². The van der Waals surface area contributed by atoms with E-state index in [0.717, 1.165) is 4.57 Å².